The summed E-state index contributed by atoms with van der Waals surface area (Å²) < 4.78 is 2.42. The van der Waals surface area contributed by atoms with Crippen molar-refractivity contribution >= 4 is 44.1 Å². The van der Waals surface area contributed by atoms with Crippen LogP contribution in [0.3, 0.4) is 0 Å². The average Bonchev–Trinajstić information content (AvgIpc) is 2.52. The molecule has 1 aromatic heterocycles. The van der Waals surface area contributed by atoms with Crippen LogP contribution in [0.2, 0.25) is 0 Å². The maximum atomic E-state index is 4.62. The lowest BCUT2D eigenvalue weighted by Crippen LogP contribution is -2.21. The van der Waals surface area contributed by atoms with Crippen molar-refractivity contribution in [3.8, 4) is 0 Å². The highest BCUT2D eigenvalue weighted by Gasteiger charge is 2.26. The number of fused-ring (bicyclic) bond motifs is 1. The molecule has 98 valence electrons. The Morgan fingerprint density at radius 2 is 1.44 bits per heavy atom. The summed E-state index contributed by atoms with van der Waals surface area (Å²) in [6.07, 6.45) is 0. The molecular formula is C15H20INS. The second-order valence-corrected chi connectivity index (χ2v) is 9.62. The molecule has 1 heterocycles. The number of nitrogens with zero attached hydrogens (tertiary/aromatic N) is 1. The topological polar surface area (TPSA) is 12.9 Å². The molecule has 0 bridgehead atoms. The standard InChI is InChI=1S/C15H20INS/c1-14(2,3)9-7-11-12(18-13(16)17-11)8-10(9)15(4,5)6/h7-8H,1-6H3. The minimum absolute atomic E-state index is 0.159. The number of rotatable bonds is 0. The maximum Gasteiger partial charge on any atom is 0.155 e. The molecule has 0 amide bonds. The predicted octanol–water partition coefficient (Wildman–Crippen LogP) is 5.50. The van der Waals surface area contributed by atoms with Gasteiger partial charge in [-0.15, -0.1) is 11.3 Å². The number of hydrogen-bond acceptors (Lipinski definition) is 2. The Bertz CT molecular complexity index is 534. The summed E-state index contributed by atoms with van der Waals surface area (Å²) in [6, 6.07) is 4.63. The molecule has 0 saturated carbocycles. The van der Waals surface area contributed by atoms with Crippen LogP contribution in [0.5, 0.6) is 0 Å². The first-order valence-electron chi connectivity index (χ1n) is 6.20. The lowest BCUT2D eigenvalue weighted by atomic mass is 9.75. The van der Waals surface area contributed by atoms with Gasteiger partial charge in [0.1, 0.15) is 0 Å². The van der Waals surface area contributed by atoms with Crippen LogP contribution in [-0.2, 0) is 10.8 Å². The van der Waals surface area contributed by atoms with Crippen LogP contribution in [0.15, 0.2) is 12.1 Å². The quantitative estimate of drug-likeness (QED) is 0.556. The fraction of sp³-hybridized carbons (Fsp3) is 0.533. The van der Waals surface area contributed by atoms with Gasteiger partial charge in [-0.25, -0.2) is 4.98 Å². The zero-order valence-electron chi connectivity index (χ0n) is 11.9. The molecular weight excluding hydrogens is 353 g/mol. The van der Waals surface area contributed by atoms with E-state index in [4.69, 9.17) is 0 Å². The lowest BCUT2D eigenvalue weighted by Gasteiger charge is -2.30. The van der Waals surface area contributed by atoms with E-state index >= 15 is 0 Å². The first kappa shape index (κ1) is 14.3. The summed E-state index contributed by atoms with van der Waals surface area (Å²) in [5, 5.41) is 0. The molecule has 0 spiro atoms. The summed E-state index contributed by atoms with van der Waals surface area (Å²) in [5.41, 5.74) is 4.34. The van der Waals surface area contributed by atoms with Crippen LogP contribution in [0.1, 0.15) is 52.7 Å². The first-order chi connectivity index (χ1) is 8.09. The Morgan fingerprint density at radius 3 is 1.94 bits per heavy atom. The van der Waals surface area contributed by atoms with Crippen LogP contribution < -0.4 is 0 Å². The molecule has 18 heavy (non-hydrogen) atoms. The highest BCUT2D eigenvalue weighted by atomic mass is 127. The van der Waals surface area contributed by atoms with Crippen molar-refractivity contribution in [1.82, 2.24) is 4.98 Å². The van der Waals surface area contributed by atoms with Gasteiger partial charge in [0, 0.05) is 0 Å². The van der Waals surface area contributed by atoms with E-state index in [0.29, 0.717) is 0 Å². The van der Waals surface area contributed by atoms with Gasteiger partial charge in [-0.2, -0.15) is 0 Å². The number of aromatic nitrogens is 1. The van der Waals surface area contributed by atoms with Crippen LogP contribution in [0.25, 0.3) is 10.2 Å². The van der Waals surface area contributed by atoms with Crippen LogP contribution in [0, 0.1) is 3.01 Å². The smallest absolute Gasteiger partial charge is 0.155 e. The average molecular weight is 373 g/mol. The second kappa shape index (κ2) is 4.44. The molecule has 0 aliphatic heterocycles. The molecule has 0 aliphatic carbocycles. The van der Waals surface area contributed by atoms with Crippen molar-refractivity contribution in [3.63, 3.8) is 0 Å². The van der Waals surface area contributed by atoms with E-state index in [1.54, 1.807) is 11.3 Å². The van der Waals surface area contributed by atoms with Gasteiger partial charge < -0.3 is 0 Å². The van der Waals surface area contributed by atoms with Crippen molar-refractivity contribution in [1.29, 1.82) is 0 Å². The molecule has 0 atom stereocenters. The molecule has 0 unspecified atom stereocenters. The Balaban J connectivity index is 2.80. The molecule has 0 aliphatic rings. The summed E-state index contributed by atoms with van der Waals surface area (Å²) >= 11 is 4.08. The third kappa shape index (κ3) is 2.72. The Labute approximate surface area is 127 Å². The van der Waals surface area contributed by atoms with E-state index < -0.39 is 0 Å². The van der Waals surface area contributed by atoms with Gasteiger partial charge in [0.15, 0.2) is 3.01 Å². The monoisotopic (exact) mass is 373 g/mol. The lowest BCUT2D eigenvalue weighted by molar-refractivity contribution is 0.531. The van der Waals surface area contributed by atoms with Gasteiger partial charge in [-0.1, -0.05) is 41.5 Å². The van der Waals surface area contributed by atoms with Crippen molar-refractivity contribution in [2.24, 2.45) is 0 Å². The van der Waals surface area contributed by atoms with Gasteiger partial charge in [0.25, 0.3) is 0 Å². The Morgan fingerprint density at radius 1 is 0.944 bits per heavy atom. The predicted molar refractivity (Wildman–Crippen MR) is 89.7 cm³/mol. The van der Waals surface area contributed by atoms with Crippen molar-refractivity contribution in [2.75, 3.05) is 0 Å². The number of thiazole rings is 1. The molecule has 0 radical (unpaired) electrons. The summed E-state index contributed by atoms with van der Waals surface area (Å²) in [5.74, 6) is 0. The summed E-state index contributed by atoms with van der Waals surface area (Å²) in [4.78, 5) is 4.62. The van der Waals surface area contributed by atoms with E-state index in [0.717, 1.165) is 8.53 Å². The molecule has 0 fully saturated rings. The van der Waals surface area contributed by atoms with E-state index in [1.807, 2.05) is 0 Å². The number of benzene rings is 1. The normalized spacial score (nSPS) is 13.3. The zero-order valence-corrected chi connectivity index (χ0v) is 14.9. The number of hydrogen-bond donors (Lipinski definition) is 0. The van der Waals surface area contributed by atoms with Gasteiger partial charge >= 0.3 is 0 Å². The number of halogens is 1. The van der Waals surface area contributed by atoms with Gasteiger partial charge in [-0.3, -0.25) is 0 Å². The zero-order chi connectivity index (χ0) is 13.7. The van der Waals surface area contributed by atoms with E-state index in [-0.39, 0.29) is 10.8 Å². The highest BCUT2D eigenvalue weighted by molar-refractivity contribution is 14.1. The van der Waals surface area contributed by atoms with E-state index in [1.165, 1.54) is 15.8 Å². The fourth-order valence-electron chi connectivity index (χ4n) is 2.19. The van der Waals surface area contributed by atoms with E-state index in [9.17, 15) is 0 Å². The van der Waals surface area contributed by atoms with Gasteiger partial charge in [-0.05, 0) is 56.7 Å². The van der Waals surface area contributed by atoms with Gasteiger partial charge in [0.2, 0.25) is 0 Å². The molecule has 1 nitrogen and oxygen atoms in total. The largest absolute Gasteiger partial charge is 0.230 e. The molecule has 0 N–H and O–H groups in total. The minimum atomic E-state index is 0.159. The maximum absolute atomic E-state index is 4.62. The Kier molecular flexibility index (Phi) is 3.52. The third-order valence-corrected chi connectivity index (χ3v) is 4.83. The third-order valence-electron chi connectivity index (χ3n) is 3.12. The molecule has 3 heteroatoms. The summed E-state index contributed by atoms with van der Waals surface area (Å²) in [6.45, 7) is 13.7. The van der Waals surface area contributed by atoms with Gasteiger partial charge in [0.05, 0.1) is 10.2 Å². The molecule has 0 saturated heterocycles. The molecule has 1 aromatic carbocycles. The van der Waals surface area contributed by atoms with Crippen LogP contribution >= 0.6 is 33.9 Å². The van der Waals surface area contributed by atoms with Crippen LogP contribution in [-0.4, -0.2) is 4.98 Å². The minimum Gasteiger partial charge on any atom is -0.230 e. The van der Waals surface area contributed by atoms with E-state index in [2.05, 4.69) is 81.3 Å². The van der Waals surface area contributed by atoms with Crippen LogP contribution in [0.4, 0.5) is 0 Å². The van der Waals surface area contributed by atoms with Crippen molar-refractivity contribution in [2.45, 2.75) is 52.4 Å². The molecule has 2 rings (SSSR count). The SMILES string of the molecule is CC(C)(C)c1cc2nc(I)sc2cc1C(C)(C)C. The highest BCUT2D eigenvalue weighted by Crippen LogP contribution is 2.38. The Hall–Kier alpha value is -0.160. The second-order valence-electron chi connectivity index (χ2n) is 6.83. The first-order valence-corrected chi connectivity index (χ1v) is 8.09. The summed E-state index contributed by atoms with van der Waals surface area (Å²) in [7, 11) is 0. The fourth-order valence-corrected chi connectivity index (χ4v) is 3.87. The molecule has 2 aromatic rings. The van der Waals surface area contributed by atoms with Crippen molar-refractivity contribution in [3.05, 3.63) is 26.3 Å². The van der Waals surface area contributed by atoms with Crippen molar-refractivity contribution < 1.29 is 0 Å².